The molecule has 1 aromatic rings. The molecule has 1 aliphatic rings. The molecule has 10 heteroatoms. The first-order chi connectivity index (χ1) is 11.7. The summed E-state index contributed by atoms with van der Waals surface area (Å²) in [5.74, 6) is -0.656. The zero-order chi connectivity index (χ0) is 18.8. The quantitative estimate of drug-likeness (QED) is 0.720. The summed E-state index contributed by atoms with van der Waals surface area (Å²) >= 11 is 3.29. The van der Waals surface area contributed by atoms with Crippen LogP contribution in [0.3, 0.4) is 0 Å². The van der Waals surface area contributed by atoms with Crippen LogP contribution in [-0.4, -0.2) is 67.3 Å². The third-order valence-electron chi connectivity index (χ3n) is 3.92. The van der Waals surface area contributed by atoms with E-state index in [1.165, 1.54) is 22.2 Å². The first-order valence-corrected chi connectivity index (χ1v) is 9.86. The van der Waals surface area contributed by atoms with E-state index < -0.39 is 22.5 Å². The van der Waals surface area contributed by atoms with Crippen LogP contribution >= 0.6 is 15.9 Å². The Morgan fingerprint density at radius 3 is 2.36 bits per heavy atom. The lowest BCUT2D eigenvalue weighted by molar-refractivity contribution is -0.135. The van der Waals surface area contributed by atoms with Crippen molar-refractivity contribution in [1.82, 2.24) is 9.21 Å². The van der Waals surface area contributed by atoms with Crippen molar-refractivity contribution in [3.05, 3.63) is 22.2 Å². The van der Waals surface area contributed by atoms with E-state index in [0.717, 1.165) is 0 Å². The molecule has 2 amide bonds. The second-order valence-corrected chi connectivity index (χ2v) is 8.48. The van der Waals surface area contributed by atoms with Crippen LogP contribution in [0.2, 0.25) is 0 Å². The highest BCUT2D eigenvalue weighted by atomic mass is 79.9. The second kappa shape index (κ2) is 7.81. The lowest BCUT2D eigenvalue weighted by atomic mass is 10.2. The van der Waals surface area contributed by atoms with Crippen LogP contribution in [0.1, 0.15) is 12.5 Å². The lowest BCUT2D eigenvalue weighted by Crippen LogP contribution is -2.51. The van der Waals surface area contributed by atoms with Gasteiger partial charge in [0.15, 0.2) is 0 Å². The predicted octanol–water partition coefficient (Wildman–Crippen LogP) is 0.541. The average molecular weight is 434 g/mol. The van der Waals surface area contributed by atoms with Crippen molar-refractivity contribution in [1.29, 1.82) is 0 Å². The number of aliphatic hydroxyl groups excluding tert-OH is 1. The fourth-order valence-corrected chi connectivity index (χ4v) is 4.89. The van der Waals surface area contributed by atoms with Crippen LogP contribution in [0, 0.1) is 6.92 Å². The minimum atomic E-state index is -3.73. The fraction of sp³-hybridized carbons (Fsp3) is 0.467. The second-order valence-electron chi connectivity index (χ2n) is 5.72. The third kappa shape index (κ3) is 4.38. The summed E-state index contributed by atoms with van der Waals surface area (Å²) in [6, 6.07) is 3.07. The molecule has 0 bridgehead atoms. The molecule has 1 aromatic carbocycles. The van der Waals surface area contributed by atoms with E-state index in [-0.39, 0.29) is 37.0 Å². The van der Waals surface area contributed by atoms with Crippen LogP contribution in [0.15, 0.2) is 21.5 Å². The number of carbonyl (C=O) groups is 2. The highest BCUT2D eigenvalue weighted by molar-refractivity contribution is 9.10. The van der Waals surface area contributed by atoms with Gasteiger partial charge in [0.05, 0.1) is 10.6 Å². The van der Waals surface area contributed by atoms with Gasteiger partial charge in [0, 0.05) is 37.6 Å². The standard InChI is InChI=1S/C15H20BrN3O5S/c1-10-7-13(17-11(2)21)12(16)8-14(10)25(23,24)19-5-3-18(4-6-19)15(22)9-20/h7-8,20H,3-6,9H2,1-2H3,(H,17,21). The largest absolute Gasteiger partial charge is 0.387 e. The van der Waals surface area contributed by atoms with Gasteiger partial charge in [0.25, 0.3) is 0 Å². The molecule has 2 N–H and O–H groups in total. The van der Waals surface area contributed by atoms with E-state index in [4.69, 9.17) is 5.11 Å². The predicted molar refractivity (Wildman–Crippen MR) is 95.6 cm³/mol. The maximum absolute atomic E-state index is 12.9. The molecule has 0 aromatic heterocycles. The molecular formula is C15H20BrN3O5S. The Labute approximate surface area is 155 Å². The summed E-state index contributed by atoms with van der Waals surface area (Å²) in [5, 5.41) is 11.5. The summed E-state index contributed by atoms with van der Waals surface area (Å²) in [4.78, 5) is 24.3. The van der Waals surface area contributed by atoms with Crippen molar-refractivity contribution in [3.8, 4) is 0 Å². The van der Waals surface area contributed by atoms with Gasteiger partial charge >= 0.3 is 0 Å². The molecule has 25 heavy (non-hydrogen) atoms. The molecule has 138 valence electrons. The fourth-order valence-electron chi connectivity index (χ4n) is 2.64. The summed E-state index contributed by atoms with van der Waals surface area (Å²) in [5.41, 5.74) is 1.02. The Bertz CT molecular complexity index is 789. The van der Waals surface area contributed by atoms with Gasteiger partial charge in [0.2, 0.25) is 21.8 Å². The van der Waals surface area contributed by atoms with Gasteiger partial charge in [-0.25, -0.2) is 8.42 Å². The van der Waals surface area contributed by atoms with Gasteiger partial charge in [-0.1, -0.05) is 0 Å². The average Bonchev–Trinajstić information content (AvgIpc) is 2.56. The normalized spacial score (nSPS) is 15.9. The zero-order valence-electron chi connectivity index (χ0n) is 14.0. The Morgan fingerprint density at radius 1 is 1.24 bits per heavy atom. The maximum atomic E-state index is 12.9. The smallest absolute Gasteiger partial charge is 0.248 e. The monoisotopic (exact) mass is 433 g/mol. The van der Waals surface area contributed by atoms with Crippen molar-refractivity contribution in [2.45, 2.75) is 18.7 Å². The summed E-state index contributed by atoms with van der Waals surface area (Å²) in [7, 11) is -3.73. The molecule has 1 saturated heterocycles. The lowest BCUT2D eigenvalue weighted by Gasteiger charge is -2.34. The van der Waals surface area contributed by atoms with Gasteiger partial charge in [-0.05, 0) is 40.5 Å². The zero-order valence-corrected chi connectivity index (χ0v) is 16.4. The van der Waals surface area contributed by atoms with E-state index in [1.54, 1.807) is 13.0 Å². The molecule has 0 saturated carbocycles. The third-order valence-corrected chi connectivity index (χ3v) is 6.62. The summed E-state index contributed by atoms with van der Waals surface area (Å²) in [6.45, 7) is 3.27. The maximum Gasteiger partial charge on any atom is 0.248 e. The Kier molecular flexibility index (Phi) is 6.20. The van der Waals surface area contributed by atoms with E-state index in [9.17, 15) is 18.0 Å². The Morgan fingerprint density at radius 2 is 1.84 bits per heavy atom. The number of sulfonamides is 1. The van der Waals surface area contributed by atoms with Crippen LogP contribution in [0.25, 0.3) is 0 Å². The van der Waals surface area contributed by atoms with Crippen molar-refractivity contribution >= 4 is 43.5 Å². The molecule has 1 aliphatic heterocycles. The number of amides is 2. The van der Waals surface area contributed by atoms with Crippen molar-refractivity contribution in [2.75, 3.05) is 38.1 Å². The Hall–Kier alpha value is -1.49. The van der Waals surface area contributed by atoms with E-state index in [0.29, 0.717) is 15.7 Å². The van der Waals surface area contributed by atoms with E-state index in [2.05, 4.69) is 21.2 Å². The molecule has 0 unspecified atom stereocenters. The molecule has 2 rings (SSSR count). The number of nitrogens with one attached hydrogen (secondary N) is 1. The minimum Gasteiger partial charge on any atom is -0.387 e. The Balaban J connectivity index is 2.24. The highest BCUT2D eigenvalue weighted by Crippen LogP contribution is 2.31. The van der Waals surface area contributed by atoms with Crippen molar-refractivity contribution < 1.29 is 23.1 Å². The van der Waals surface area contributed by atoms with Gasteiger partial charge in [0.1, 0.15) is 6.61 Å². The molecule has 0 spiro atoms. The molecular weight excluding hydrogens is 414 g/mol. The van der Waals surface area contributed by atoms with Gasteiger partial charge < -0.3 is 15.3 Å². The number of benzene rings is 1. The number of halogens is 1. The summed E-state index contributed by atoms with van der Waals surface area (Å²) < 4.78 is 27.6. The number of hydrogen-bond donors (Lipinski definition) is 2. The number of rotatable bonds is 4. The minimum absolute atomic E-state index is 0.149. The molecule has 1 heterocycles. The van der Waals surface area contributed by atoms with Gasteiger partial charge in [-0.2, -0.15) is 4.31 Å². The molecule has 0 radical (unpaired) electrons. The number of carbonyl (C=O) groups excluding carboxylic acids is 2. The molecule has 0 aliphatic carbocycles. The highest BCUT2D eigenvalue weighted by Gasteiger charge is 2.31. The van der Waals surface area contributed by atoms with Crippen LogP contribution in [0.4, 0.5) is 5.69 Å². The van der Waals surface area contributed by atoms with E-state index >= 15 is 0 Å². The number of aliphatic hydroxyl groups is 1. The number of nitrogens with zero attached hydrogens (tertiary/aromatic N) is 2. The van der Waals surface area contributed by atoms with Crippen LogP contribution in [0.5, 0.6) is 0 Å². The van der Waals surface area contributed by atoms with Crippen LogP contribution in [-0.2, 0) is 19.6 Å². The van der Waals surface area contributed by atoms with Crippen LogP contribution < -0.4 is 5.32 Å². The van der Waals surface area contributed by atoms with Crippen molar-refractivity contribution in [3.63, 3.8) is 0 Å². The molecule has 1 fully saturated rings. The topological polar surface area (TPSA) is 107 Å². The SMILES string of the molecule is CC(=O)Nc1cc(C)c(S(=O)(=O)N2CCN(C(=O)CO)CC2)cc1Br. The van der Waals surface area contributed by atoms with Gasteiger partial charge in [-0.3, -0.25) is 9.59 Å². The first kappa shape index (κ1) is 19.8. The van der Waals surface area contributed by atoms with Crippen molar-refractivity contribution in [2.24, 2.45) is 0 Å². The van der Waals surface area contributed by atoms with Gasteiger partial charge in [-0.15, -0.1) is 0 Å². The number of piperazine rings is 1. The number of anilines is 1. The molecule has 0 atom stereocenters. The number of hydrogen-bond acceptors (Lipinski definition) is 5. The number of aryl methyl sites for hydroxylation is 1. The molecule has 8 nitrogen and oxygen atoms in total. The first-order valence-electron chi connectivity index (χ1n) is 7.63. The van der Waals surface area contributed by atoms with E-state index in [1.807, 2.05) is 0 Å². The summed E-state index contributed by atoms with van der Waals surface area (Å²) in [6.07, 6.45) is 0.